The number of nitrogens with zero attached hydrogens (tertiary/aromatic N) is 2. The lowest BCUT2D eigenvalue weighted by Gasteiger charge is -2.16. The summed E-state index contributed by atoms with van der Waals surface area (Å²) in [6.45, 7) is 6.24. The fourth-order valence-electron chi connectivity index (χ4n) is 4.37. The maximum Gasteiger partial charge on any atom is 0.221 e. The van der Waals surface area contributed by atoms with Crippen LogP contribution in [0.2, 0.25) is 0 Å². The normalized spacial score (nSPS) is 10.9. The third-order valence-electron chi connectivity index (χ3n) is 6.45. The molecule has 0 saturated heterocycles. The lowest BCUT2D eigenvalue weighted by molar-refractivity contribution is -0.114. The molecule has 1 amide bonds. The second-order valence-electron chi connectivity index (χ2n) is 9.59. The van der Waals surface area contributed by atoms with Crippen molar-refractivity contribution in [1.29, 1.82) is 0 Å². The molecule has 5 aromatic rings. The van der Waals surface area contributed by atoms with Crippen LogP contribution >= 0.6 is 11.8 Å². The SMILES string of the molecule is CCCc1ccc2c(Nc3cc(OCc4ccccc4C)ccc3Sc3ccc(NC(C)=O)cc3)ccnc2n1. The molecule has 0 atom stereocenters. The number of amides is 1. The molecule has 202 valence electrons. The number of carbonyl (C=O) groups is 1. The van der Waals surface area contributed by atoms with Gasteiger partial charge in [0.25, 0.3) is 0 Å². The number of carbonyl (C=O) groups excluding carboxylic acids is 1. The van der Waals surface area contributed by atoms with Crippen LogP contribution in [-0.2, 0) is 17.8 Å². The number of fused-ring (bicyclic) bond motifs is 1. The summed E-state index contributed by atoms with van der Waals surface area (Å²) < 4.78 is 6.23. The summed E-state index contributed by atoms with van der Waals surface area (Å²) in [7, 11) is 0. The Bertz CT molecular complexity index is 1640. The highest BCUT2D eigenvalue weighted by atomic mass is 32.2. The van der Waals surface area contributed by atoms with Crippen LogP contribution in [0.5, 0.6) is 5.75 Å². The number of aromatic nitrogens is 2. The number of hydrogen-bond donors (Lipinski definition) is 2. The first kappa shape index (κ1) is 27.2. The predicted octanol–water partition coefficient (Wildman–Crippen LogP) is 8.32. The monoisotopic (exact) mass is 548 g/mol. The van der Waals surface area contributed by atoms with E-state index in [1.54, 1.807) is 18.0 Å². The van der Waals surface area contributed by atoms with E-state index in [1.165, 1.54) is 12.5 Å². The zero-order chi connectivity index (χ0) is 27.9. The number of ether oxygens (including phenoxy) is 1. The topological polar surface area (TPSA) is 76.1 Å². The van der Waals surface area contributed by atoms with Gasteiger partial charge in [-0.15, -0.1) is 0 Å². The molecule has 2 heterocycles. The van der Waals surface area contributed by atoms with Gasteiger partial charge in [-0.05, 0) is 79.1 Å². The van der Waals surface area contributed by atoms with Crippen LogP contribution in [0, 0.1) is 6.92 Å². The number of rotatable bonds is 10. The molecule has 2 N–H and O–H groups in total. The Labute approximate surface area is 239 Å². The van der Waals surface area contributed by atoms with E-state index in [1.807, 2.05) is 54.6 Å². The molecule has 0 bridgehead atoms. The molecule has 40 heavy (non-hydrogen) atoms. The smallest absolute Gasteiger partial charge is 0.221 e. The van der Waals surface area contributed by atoms with Crippen molar-refractivity contribution in [2.75, 3.05) is 10.6 Å². The van der Waals surface area contributed by atoms with Crippen molar-refractivity contribution in [2.45, 2.75) is 50.0 Å². The largest absolute Gasteiger partial charge is 0.489 e. The van der Waals surface area contributed by atoms with Gasteiger partial charge in [0.05, 0.1) is 11.4 Å². The molecule has 0 fully saturated rings. The van der Waals surface area contributed by atoms with Crippen LogP contribution in [0.4, 0.5) is 17.1 Å². The Morgan fingerprint density at radius 2 is 1.77 bits per heavy atom. The predicted molar refractivity (Wildman–Crippen MR) is 164 cm³/mol. The molecular formula is C33H32N4O2S. The van der Waals surface area contributed by atoms with E-state index in [2.05, 4.69) is 59.8 Å². The highest BCUT2D eigenvalue weighted by molar-refractivity contribution is 7.99. The summed E-state index contributed by atoms with van der Waals surface area (Å²) in [5, 5.41) is 7.42. The zero-order valence-corrected chi connectivity index (χ0v) is 23.7. The van der Waals surface area contributed by atoms with Gasteiger partial charge >= 0.3 is 0 Å². The summed E-state index contributed by atoms with van der Waals surface area (Å²) in [6, 6.07) is 28.3. The van der Waals surface area contributed by atoms with E-state index < -0.39 is 0 Å². The minimum atomic E-state index is -0.0888. The first-order chi connectivity index (χ1) is 19.5. The third kappa shape index (κ3) is 6.79. The highest BCUT2D eigenvalue weighted by Gasteiger charge is 2.12. The molecule has 0 aliphatic carbocycles. The summed E-state index contributed by atoms with van der Waals surface area (Å²) >= 11 is 1.64. The van der Waals surface area contributed by atoms with Crippen molar-refractivity contribution < 1.29 is 9.53 Å². The van der Waals surface area contributed by atoms with Gasteiger partial charge < -0.3 is 15.4 Å². The molecule has 6 nitrogen and oxygen atoms in total. The van der Waals surface area contributed by atoms with E-state index in [-0.39, 0.29) is 5.91 Å². The number of hydrogen-bond acceptors (Lipinski definition) is 6. The van der Waals surface area contributed by atoms with E-state index >= 15 is 0 Å². The number of aryl methyl sites for hydroxylation is 2. The van der Waals surface area contributed by atoms with Crippen molar-refractivity contribution >= 4 is 45.8 Å². The Hall–Kier alpha value is -4.36. The standard InChI is InChI=1S/C33H32N4O2S/c1-4-7-25-12-16-29-30(18-19-34-33(29)36-25)37-31-20-27(39-21-24-9-6-5-8-22(24)2)13-17-32(31)40-28-14-10-26(11-15-28)35-23(3)38/h5-6,8-20H,4,7,21H2,1-3H3,(H,35,38)(H,34,36,37). The minimum Gasteiger partial charge on any atom is -0.489 e. The van der Waals surface area contributed by atoms with Gasteiger partial charge in [0, 0.05) is 45.7 Å². The number of anilines is 3. The van der Waals surface area contributed by atoms with Gasteiger partial charge in [0.15, 0.2) is 5.65 Å². The van der Waals surface area contributed by atoms with Gasteiger partial charge in [0.1, 0.15) is 12.4 Å². The Morgan fingerprint density at radius 3 is 2.55 bits per heavy atom. The summed E-state index contributed by atoms with van der Waals surface area (Å²) in [5.41, 5.74) is 6.75. The molecule has 0 aliphatic heterocycles. The van der Waals surface area contributed by atoms with Crippen molar-refractivity contribution in [1.82, 2.24) is 9.97 Å². The lowest BCUT2D eigenvalue weighted by atomic mass is 10.1. The fourth-order valence-corrected chi connectivity index (χ4v) is 5.26. The van der Waals surface area contributed by atoms with E-state index in [0.717, 1.165) is 67.7 Å². The molecule has 0 aliphatic rings. The van der Waals surface area contributed by atoms with Crippen LogP contribution in [0.1, 0.15) is 37.1 Å². The molecule has 7 heteroatoms. The Morgan fingerprint density at radius 1 is 0.950 bits per heavy atom. The molecule has 0 unspecified atom stereocenters. The minimum absolute atomic E-state index is 0.0888. The van der Waals surface area contributed by atoms with Crippen LogP contribution in [0.3, 0.4) is 0 Å². The van der Waals surface area contributed by atoms with E-state index in [0.29, 0.717) is 6.61 Å². The molecule has 0 spiro atoms. The molecule has 2 aromatic heterocycles. The quantitative estimate of drug-likeness (QED) is 0.183. The number of nitrogens with one attached hydrogen (secondary N) is 2. The van der Waals surface area contributed by atoms with Gasteiger partial charge in [-0.1, -0.05) is 49.4 Å². The van der Waals surface area contributed by atoms with Crippen LogP contribution in [-0.4, -0.2) is 15.9 Å². The first-order valence-electron chi connectivity index (χ1n) is 13.4. The van der Waals surface area contributed by atoms with E-state index in [9.17, 15) is 4.79 Å². The second-order valence-corrected chi connectivity index (χ2v) is 10.7. The number of benzene rings is 3. The van der Waals surface area contributed by atoms with Crippen LogP contribution in [0.15, 0.2) is 101 Å². The Kier molecular flexibility index (Phi) is 8.62. The van der Waals surface area contributed by atoms with Crippen LogP contribution < -0.4 is 15.4 Å². The molecular weight excluding hydrogens is 516 g/mol. The molecule has 0 saturated carbocycles. The molecule has 0 radical (unpaired) electrons. The van der Waals surface area contributed by atoms with Crippen LogP contribution in [0.25, 0.3) is 11.0 Å². The molecule has 5 rings (SSSR count). The number of pyridine rings is 2. The first-order valence-corrected chi connectivity index (χ1v) is 14.2. The summed E-state index contributed by atoms with van der Waals surface area (Å²) in [5.74, 6) is 0.687. The highest BCUT2D eigenvalue weighted by Crippen LogP contribution is 2.38. The lowest BCUT2D eigenvalue weighted by Crippen LogP contribution is -2.05. The third-order valence-corrected chi connectivity index (χ3v) is 7.53. The zero-order valence-electron chi connectivity index (χ0n) is 22.9. The van der Waals surface area contributed by atoms with Crippen molar-refractivity contribution in [3.8, 4) is 5.75 Å². The fraction of sp³-hybridized carbons (Fsp3) is 0.182. The van der Waals surface area contributed by atoms with Gasteiger partial charge in [0.2, 0.25) is 5.91 Å². The van der Waals surface area contributed by atoms with Gasteiger partial charge in [-0.25, -0.2) is 9.97 Å². The van der Waals surface area contributed by atoms with Crippen molar-refractivity contribution in [3.63, 3.8) is 0 Å². The molecule has 3 aromatic carbocycles. The van der Waals surface area contributed by atoms with Gasteiger partial charge in [-0.2, -0.15) is 0 Å². The second kappa shape index (κ2) is 12.7. The summed E-state index contributed by atoms with van der Waals surface area (Å²) in [4.78, 5) is 22.8. The average molecular weight is 549 g/mol. The maximum atomic E-state index is 11.4. The Balaban J connectivity index is 1.46. The van der Waals surface area contributed by atoms with Gasteiger partial charge in [-0.3, -0.25) is 4.79 Å². The average Bonchev–Trinajstić information content (AvgIpc) is 2.95. The van der Waals surface area contributed by atoms with Crippen molar-refractivity contribution in [3.05, 3.63) is 108 Å². The van der Waals surface area contributed by atoms with E-state index in [4.69, 9.17) is 9.72 Å². The summed E-state index contributed by atoms with van der Waals surface area (Å²) in [6.07, 6.45) is 3.76. The van der Waals surface area contributed by atoms with Crippen molar-refractivity contribution in [2.24, 2.45) is 0 Å². The maximum absolute atomic E-state index is 11.4.